The fourth-order valence-electron chi connectivity index (χ4n) is 4.49. The highest BCUT2D eigenvalue weighted by atomic mass is 19.3. The molecule has 1 atom stereocenters. The van der Waals surface area contributed by atoms with Crippen molar-refractivity contribution in [2.24, 2.45) is 11.8 Å². The lowest BCUT2D eigenvalue weighted by Gasteiger charge is -2.44. The van der Waals surface area contributed by atoms with Crippen LogP contribution in [0.3, 0.4) is 0 Å². The normalized spacial score (nSPS) is 24.0. The quantitative estimate of drug-likeness (QED) is 0.603. The summed E-state index contributed by atoms with van der Waals surface area (Å²) in [7, 11) is 0. The van der Waals surface area contributed by atoms with Gasteiger partial charge in [0.2, 0.25) is 5.91 Å². The lowest BCUT2D eigenvalue weighted by atomic mass is 9.84. The molecular formula is C21H25F2N5O4. The first-order chi connectivity index (χ1) is 15.4. The van der Waals surface area contributed by atoms with Gasteiger partial charge in [-0.05, 0) is 62.9 Å². The van der Waals surface area contributed by atoms with Crippen molar-refractivity contribution in [3.05, 3.63) is 23.9 Å². The Morgan fingerprint density at radius 1 is 1.19 bits per heavy atom. The van der Waals surface area contributed by atoms with Crippen LogP contribution >= 0.6 is 0 Å². The largest absolute Gasteiger partial charge is 0.483 e. The number of carbonyl (C=O) groups excluding carboxylic acids is 2. The molecule has 1 aromatic heterocycles. The smallest absolute Gasteiger partial charge is 0.333 e. The highest BCUT2D eigenvalue weighted by Crippen LogP contribution is 2.32. The average Bonchev–Trinajstić information content (AvgIpc) is 3.56. The second-order valence-corrected chi connectivity index (χ2v) is 8.39. The number of alkyl halides is 2. The van der Waals surface area contributed by atoms with E-state index in [2.05, 4.69) is 20.6 Å². The molecule has 3 saturated heterocycles. The van der Waals surface area contributed by atoms with Crippen LogP contribution in [0.25, 0.3) is 10.9 Å². The standard InChI is InChI=1S/C20H23F2N5O2.CH2O2/c21-20(22)27-16-9-13(23-18(28)12-1-2-12)3-4-14(16)17(25-27)19(29)24-15-10-26-7-5-11(15)6-8-26;2-1-3/h3-4,9,11-12,15,20H,1-2,5-8,10H2,(H,23,28)(H,24,29);1H,(H,2,3)/t15-;/m1./s1. The number of nitrogens with one attached hydrogen (secondary N) is 2. The van der Waals surface area contributed by atoms with Gasteiger partial charge in [0.15, 0.2) is 5.69 Å². The molecule has 172 valence electrons. The van der Waals surface area contributed by atoms with E-state index >= 15 is 0 Å². The van der Waals surface area contributed by atoms with Gasteiger partial charge in [0, 0.05) is 29.6 Å². The van der Waals surface area contributed by atoms with Crippen LogP contribution in [0.15, 0.2) is 18.2 Å². The summed E-state index contributed by atoms with van der Waals surface area (Å²) in [5.74, 6) is -0.0963. The first-order valence-electron chi connectivity index (χ1n) is 10.6. The first kappa shape index (κ1) is 22.1. The number of benzene rings is 1. The van der Waals surface area contributed by atoms with Crippen LogP contribution in [0.2, 0.25) is 0 Å². The fraction of sp³-hybridized carbons (Fsp3) is 0.524. The third kappa shape index (κ3) is 4.57. The Balaban J connectivity index is 0.000000775. The van der Waals surface area contributed by atoms with Crippen LogP contribution in [-0.2, 0) is 9.59 Å². The molecule has 1 saturated carbocycles. The van der Waals surface area contributed by atoms with Gasteiger partial charge in [-0.15, -0.1) is 0 Å². The van der Waals surface area contributed by atoms with Gasteiger partial charge < -0.3 is 20.6 Å². The first-order valence-corrected chi connectivity index (χ1v) is 10.6. The van der Waals surface area contributed by atoms with Gasteiger partial charge in [0.1, 0.15) is 0 Å². The van der Waals surface area contributed by atoms with Crippen molar-refractivity contribution in [2.75, 3.05) is 25.0 Å². The summed E-state index contributed by atoms with van der Waals surface area (Å²) in [6.45, 7) is -0.239. The molecule has 1 aromatic carbocycles. The van der Waals surface area contributed by atoms with Crippen molar-refractivity contribution >= 4 is 34.9 Å². The zero-order chi connectivity index (χ0) is 22.8. The molecule has 0 unspecified atom stereocenters. The topological polar surface area (TPSA) is 117 Å². The van der Waals surface area contributed by atoms with Gasteiger partial charge in [-0.25, -0.2) is 4.68 Å². The predicted molar refractivity (Wildman–Crippen MR) is 111 cm³/mol. The molecular weight excluding hydrogens is 424 g/mol. The molecule has 2 amide bonds. The highest BCUT2D eigenvalue weighted by molar-refractivity contribution is 6.06. The minimum atomic E-state index is -2.88. The molecule has 4 aliphatic rings. The van der Waals surface area contributed by atoms with E-state index in [0.29, 0.717) is 21.7 Å². The Hall–Kier alpha value is -3.08. The van der Waals surface area contributed by atoms with E-state index in [4.69, 9.17) is 9.90 Å². The van der Waals surface area contributed by atoms with E-state index in [1.54, 1.807) is 12.1 Å². The molecule has 2 aromatic rings. The molecule has 0 radical (unpaired) electrons. The van der Waals surface area contributed by atoms with Gasteiger partial charge in [-0.3, -0.25) is 14.4 Å². The van der Waals surface area contributed by atoms with Crippen LogP contribution < -0.4 is 10.6 Å². The van der Waals surface area contributed by atoms with Crippen molar-refractivity contribution in [1.29, 1.82) is 0 Å². The lowest BCUT2D eigenvalue weighted by Crippen LogP contribution is -2.57. The molecule has 6 rings (SSSR count). The third-order valence-corrected chi connectivity index (χ3v) is 6.30. The van der Waals surface area contributed by atoms with Crippen molar-refractivity contribution in [2.45, 2.75) is 38.3 Å². The number of halogens is 2. The summed E-state index contributed by atoms with van der Waals surface area (Å²) in [6.07, 6.45) is 3.79. The maximum absolute atomic E-state index is 13.6. The third-order valence-electron chi connectivity index (χ3n) is 6.30. The molecule has 32 heavy (non-hydrogen) atoms. The van der Waals surface area contributed by atoms with Gasteiger partial charge in [-0.2, -0.15) is 13.9 Å². The SMILES string of the molecule is O=C(N[C@@H]1CN2CCC1CC2)c1nn(C(F)F)c2cc(NC(=O)C3CC3)ccc12.O=CO. The van der Waals surface area contributed by atoms with Crippen LogP contribution in [0.1, 0.15) is 42.7 Å². The number of nitrogens with zero attached hydrogens (tertiary/aromatic N) is 3. The molecule has 3 aliphatic heterocycles. The number of rotatable bonds is 5. The minimum absolute atomic E-state index is 0.00295. The Kier molecular flexibility index (Phi) is 6.35. The Bertz CT molecular complexity index is 1020. The Labute approximate surface area is 182 Å². The number of carboxylic acid groups (broad SMARTS) is 1. The monoisotopic (exact) mass is 449 g/mol. The molecule has 4 heterocycles. The number of anilines is 1. The van der Waals surface area contributed by atoms with E-state index in [1.165, 1.54) is 6.07 Å². The number of hydrogen-bond acceptors (Lipinski definition) is 5. The molecule has 1 aliphatic carbocycles. The van der Waals surface area contributed by atoms with Crippen molar-refractivity contribution < 1.29 is 28.3 Å². The second kappa shape index (κ2) is 9.19. The van der Waals surface area contributed by atoms with Crippen LogP contribution in [0.4, 0.5) is 14.5 Å². The minimum Gasteiger partial charge on any atom is -0.483 e. The van der Waals surface area contributed by atoms with E-state index < -0.39 is 12.5 Å². The second-order valence-electron chi connectivity index (χ2n) is 8.39. The molecule has 3 N–H and O–H groups in total. The van der Waals surface area contributed by atoms with E-state index in [1.807, 2.05) is 0 Å². The van der Waals surface area contributed by atoms with Gasteiger partial charge in [0.25, 0.3) is 12.4 Å². The van der Waals surface area contributed by atoms with Crippen LogP contribution in [0.5, 0.6) is 0 Å². The van der Waals surface area contributed by atoms with Gasteiger partial charge in [0.05, 0.1) is 5.52 Å². The number of hydrogen-bond donors (Lipinski definition) is 3. The summed E-state index contributed by atoms with van der Waals surface area (Å²) in [6, 6.07) is 4.69. The molecule has 9 nitrogen and oxygen atoms in total. The molecule has 0 spiro atoms. The summed E-state index contributed by atoms with van der Waals surface area (Å²) in [5.41, 5.74) is 0.560. The lowest BCUT2D eigenvalue weighted by molar-refractivity contribution is -0.123. The molecule has 4 fully saturated rings. The van der Waals surface area contributed by atoms with Crippen molar-refractivity contribution in [3.63, 3.8) is 0 Å². The number of fused-ring (bicyclic) bond motifs is 4. The average molecular weight is 449 g/mol. The van der Waals surface area contributed by atoms with Gasteiger partial charge >= 0.3 is 6.55 Å². The molecule has 11 heteroatoms. The number of aromatic nitrogens is 2. The highest BCUT2D eigenvalue weighted by Gasteiger charge is 2.36. The summed E-state index contributed by atoms with van der Waals surface area (Å²) in [5, 5.41) is 16.9. The zero-order valence-corrected chi connectivity index (χ0v) is 17.3. The molecule has 2 bridgehead atoms. The summed E-state index contributed by atoms with van der Waals surface area (Å²) >= 11 is 0. The number of carbonyl (C=O) groups is 3. The number of amides is 2. The maximum atomic E-state index is 13.6. The van der Waals surface area contributed by atoms with Gasteiger partial charge in [-0.1, -0.05) is 0 Å². The summed E-state index contributed by atoms with van der Waals surface area (Å²) < 4.78 is 27.7. The van der Waals surface area contributed by atoms with E-state index in [-0.39, 0.29) is 35.5 Å². The van der Waals surface area contributed by atoms with E-state index in [0.717, 1.165) is 45.3 Å². The van der Waals surface area contributed by atoms with E-state index in [9.17, 15) is 18.4 Å². The maximum Gasteiger partial charge on any atom is 0.333 e. The van der Waals surface area contributed by atoms with Crippen molar-refractivity contribution in [1.82, 2.24) is 20.0 Å². The fourth-order valence-corrected chi connectivity index (χ4v) is 4.49. The number of piperidine rings is 3. The van der Waals surface area contributed by atoms with Crippen LogP contribution in [-0.4, -0.2) is 63.7 Å². The Morgan fingerprint density at radius 2 is 1.88 bits per heavy atom. The zero-order valence-electron chi connectivity index (χ0n) is 17.3. The van der Waals surface area contributed by atoms with Crippen LogP contribution in [0, 0.1) is 11.8 Å². The van der Waals surface area contributed by atoms with Crippen molar-refractivity contribution in [3.8, 4) is 0 Å². The predicted octanol–water partition coefficient (Wildman–Crippen LogP) is 2.30. The summed E-state index contributed by atoms with van der Waals surface area (Å²) in [4.78, 5) is 35.5. The Morgan fingerprint density at radius 3 is 2.44 bits per heavy atom.